The molecule has 3 rings (SSSR count). The number of hydrogen-bond donors (Lipinski definition) is 0. The highest BCUT2D eigenvalue weighted by Gasteiger charge is 2.29. The molecule has 0 saturated heterocycles. The largest absolute Gasteiger partial charge is 0.459 e. The first-order chi connectivity index (χ1) is 14.1. The summed E-state index contributed by atoms with van der Waals surface area (Å²) in [6.45, 7) is 6.97. The fraction of sp³-hybridized carbons (Fsp3) is 0.741. The molecule has 2 heteroatoms. The zero-order valence-corrected chi connectivity index (χ0v) is 19.0. The lowest BCUT2D eigenvalue weighted by Gasteiger charge is -2.34. The Balaban J connectivity index is 1.49. The molecule has 2 fully saturated rings. The summed E-state index contributed by atoms with van der Waals surface area (Å²) in [5, 5.41) is 0. The third-order valence-electron chi connectivity index (χ3n) is 7.58. The maximum Gasteiger partial charge on any atom is 0.338 e. The van der Waals surface area contributed by atoms with E-state index in [1.54, 1.807) is 0 Å². The maximum atomic E-state index is 12.6. The fourth-order valence-corrected chi connectivity index (χ4v) is 5.79. The van der Waals surface area contributed by atoms with Crippen molar-refractivity contribution < 1.29 is 9.53 Å². The molecule has 0 heterocycles. The summed E-state index contributed by atoms with van der Waals surface area (Å²) in [5.74, 6) is 3.01. The first-order valence-electron chi connectivity index (χ1n) is 12.4. The van der Waals surface area contributed by atoms with E-state index in [0.717, 1.165) is 30.6 Å². The molecule has 0 aliphatic heterocycles. The molecule has 0 amide bonds. The Labute approximate surface area is 178 Å². The second-order valence-corrected chi connectivity index (χ2v) is 9.86. The third-order valence-corrected chi connectivity index (χ3v) is 7.58. The Hall–Kier alpha value is -1.31. The van der Waals surface area contributed by atoms with Crippen molar-refractivity contribution >= 4 is 5.97 Å². The van der Waals surface area contributed by atoms with Crippen molar-refractivity contribution in [2.75, 3.05) is 0 Å². The minimum absolute atomic E-state index is 0.119. The van der Waals surface area contributed by atoms with Crippen molar-refractivity contribution in [1.82, 2.24) is 0 Å². The zero-order valence-electron chi connectivity index (χ0n) is 19.0. The summed E-state index contributed by atoms with van der Waals surface area (Å²) in [6, 6.07) is 8.36. The van der Waals surface area contributed by atoms with E-state index in [0.29, 0.717) is 11.5 Å². The summed E-state index contributed by atoms with van der Waals surface area (Å²) in [4.78, 5) is 12.6. The Morgan fingerprint density at radius 3 is 2.21 bits per heavy atom. The molecular weight excluding hydrogens is 356 g/mol. The van der Waals surface area contributed by atoms with E-state index in [-0.39, 0.29) is 12.1 Å². The normalized spacial score (nSPS) is 30.1. The number of carbonyl (C=O) groups is 1. The lowest BCUT2D eigenvalue weighted by Crippen LogP contribution is -2.24. The molecule has 2 aliphatic carbocycles. The molecular formula is C27H42O2. The van der Waals surface area contributed by atoms with Gasteiger partial charge in [0.25, 0.3) is 0 Å². The number of carbonyl (C=O) groups excluding carboxylic acids is 1. The van der Waals surface area contributed by atoms with E-state index in [2.05, 4.69) is 32.9 Å². The van der Waals surface area contributed by atoms with E-state index in [4.69, 9.17) is 4.74 Å². The van der Waals surface area contributed by atoms with Crippen molar-refractivity contribution in [2.24, 2.45) is 17.8 Å². The standard InChI is InChI=1S/C27H42O2/c1-4-6-8-22-11-18-26(20(3)19-22)23-12-14-24(15-13-23)27(28)29-25-16-9-21(7-5-2)10-17-25/h12-15,20-22,25-26H,4-11,16-19H2,1-3H3. The zero-order chi connectivity index (χ0) is 20.6. The maximum absolute atomic E-state index is 12.6. The van der Waals surface area contributed by atoms with Gasteiger partial charge in [0.05, 0.1) is 5.56 Å². The molecule has 1 aromatic carbocycles. The van der Waals surface area contributed by atoms with Crippen LogP contribution in [0.1, 0.15) is 120 Å². The van der Waals surface area contributed by atoms with Crippen LogP contribution in [0.2, 0.25) is 0 Å². The first-order valence-corrected chi connectivity index (χ1v) is 12.4. The summed E-state index contributed by atoms with van der Waals surface area (Å²) >= 11 is 0. The first kappa shape index (κ1) is 22.4. The van der Waals surface area contributed by atoms with Crippen LogP contribution in [0.5, 0.6) is 0 Å². The lowest BCUT2D eigenvalue weighted by molar-refractivity contribution is 0.0161. The van der Waals surface area contributed by atoms with Gasteiger partial charge in [-0.25, -0.2) is 4.79 Å². The monoisotopic (exact) mass is 398 g/mol. The van der Waals surface area contributed by atoms with Gasteiger partial charge in [-0.05, 0) is 86.3 Å². The summed E-state index contributed by atoms with van der Waals surface area (Å²) in [7, 11) is 0. The molecule has 0 N–H and O–H groups in total. The van der Waals surface area contributed by atoms with Crippen molar-refractivity contribution in [1.29, 1.82) is 0 Å². The van der Waals surface area contributed by atoms with Gasteiger partial charge in [-0.15, -0.1) is 0 Å². The van der Waals surface area contributed by atoms with Crippen LogP contribution in [0, 0.1) is 17.8 Å². The predicted octanol–water partition coefficient (Wildman–Crippen LogP) is 7.91. The highest BCUT2D eigenvalue weighted by molar-refractivity contribution is 5.89. The fourth-order valence-electron chi connectivity index (χ4n) is 5.79. The molecule has 29 heavy (non-hydrogen) atoms. The van der Waals surface area contributed by atoms with Gasteiger partial charge in [-0.2, -0.15) is 0 Å². The smallest absolute Gasteiger partial charge is 0.338 e. The Kier molecular flexibility index (Phi) is 8.63. The van der Waals surface area contributed by atoms with Crippen LogP contribution in [-0.4, -0.2) is 12.1 Å². The number of rotatable bonds is 8. The van der Waals surface area contributed by atoms with Crippen molar-refractivity contribution in [3.63, 3.8) is 0 Å². The van der Waals surface area contributed by atoms with Gasteiger partial charge in [0.2, 0.25) is 0 Å². The van der Waals surface area contributed by atoms with E-state index >= 15 is 0 Å². The summed E-state index contributed by atoms with van der Waals surface area (Å²) in [5.41, 5.74) is 2.12. The van der Waals surface area contributed by atoms with Gasteiger partial charge in [-0.3, -0.25) is 0 Å². The summed E-state index contributed by atoms with van der Waals surface area (Å²) in [6.07, 6.45) is 15.3. The Bertz CT molecular complexity index is 612. The molecule has 0 spiro atoms. The highest BCUT2D eigenvalue weighted by Crippen LogP contribution is 2.41. The number of hydrogen-bond acceptors (Lipinski definition) is 2. The van der Waals surface area contributed by atoms with Crippen LogP contribution in [0.25, 0.3) is 0 Å². The molecule has 3 unspecified atom stereocenters. The highest BCUT2D eigenvalue weighted by atomic mass is 16.5. The number of unbranched alkanes of at least 4 members (excludes halogenated alkanes) is 1. The van der Waals surface area contributed by atoms with E-state index in [1.807, 2.05) is 12.1 Å². The molecule has 2 aliphatic rings. The topological polar surface area (TPSA) is 26.3 Å². The van der Waals surface area contributed by atoms with Gasteiger partial charge in [0.1, 0.15) is 6.10 Å². The van der Waals surface area contributed by atoms with Gasteiger partial charge >= 0.3 is 5.97 Å². The van der Waals surface area contributed by atoms with Crippen molar-refractivity contribution in [3.8, 4) is 0 Å². The van der Waals surface area contributed by atoms with Crippen molar-refractivity contribution in [2.45, 2.75) is 110 Å². The van der Waals surface area contributed by atoms with Crippen LogP contribution >= 0.6 is 0 Å². The molecule has 162 valence electrons. The van der Waals surface area contributed by atoms with Gasteiger partial charge in [0.15, 0.2) is 0 Å². The van der Waals surface area contributed by atoms with Crippen LogP contribution < -0.4 is 0 Å². The van der Waals surface area contributed by atoms with Gasteiger partial charge in [-0.1, -0.05) is 65.0 Å². The van der Waals surface area contributed by atoms with E-state index < -0.39 is 0 Å². The molecule has 3 atom stereocenters. The molecule has 1 aromatic rings. The lowest BCUT2D eigenvalue weighted by atomic mass is 9.71. The molecule has 0 bridgehead atoms. The second kappa shape index (κ2) is 11.2. The average Bonchev–Trinajstić information content (AvgIpc) is 2.74. The number of benzene rings is 1. The van der Waals surface area contributed by atoms with Crippen LogP contribution in [0.3, 0.4) is 0 Å². The van der Waals surface area contributed by atoms with Gasteiger partial charge in [0, 0.05) is 0 Å². The van der Waals surface area contributed by atoms with Crippen LogP contribution in [-0.2, 0) is 4.74 Å². The van der Waals surface area contributed by atoms with Crippen LogP contribution in [0.4, 0.5) is 0 Å². The average molecular weight is 399 g/mol. The SMILES string of the molecule is CCCCC1CCC(c2ccc(C(=O)OC3CCC(CCC)CC3)cc2)C(C)C1. The quantitative estimate of drug-likeness (QED) is 0.416. The van der Waals surface area contributed by atoms with E-state index in [9.17, 15) is 4.79 Å². The minimum Gasteiger partial charge on any atom is -0.459 e. The Morgan fingerprint density at radius 2 is 1.59 bits per heavy atom. The number of ether oxygens (including phenoxy) is 1. The molecule has 2 saturated carbocycles. The van der Waals surface area contributed by atoms with Crippen LogP contribution in [0.15, 0.2) is 24.3 Å². The second-order valence-electron chi connectivity index (χ2n) is 9.86. The molecule has 0 radical (unpaired) electrons. The molecule has 2 nitrogen and oxygen atoms in total. The third kappa shape index (κ3) is 6.33. The van der Waals surface area contributed by atoms with Gasteiger partial charge < -0.3 is 4.74 Å². The predicted molar refractivity (Wildman–Crippen MR) is 121 cm³/mol. The number of esters is 1. The Morgan fingerprint density at radius 1 is 0.897 bits per heavy atom. The minimum atomic E-state index is -0.133. The molecule has 0 aromatic heterocycles. The summed E-state index contributed by atoms with van der Waals surface area (Å²) < 4.78 is 5.82. The van der Waals surface area contributed by atoms with E-state index in [1.165, 1.54) is 69.8 Å². The van der Waals surface area contributed by atoms with Crippen molar-refractivity contribution in [3.05, 3.63) is 35.4 Å².